The molecule has 1 atom stereocenters. The molecule has 0 spiro atoms. The molecule has 0 aromatic heterocycles. The zero-order chi connectivity index (χ0) is 21.0. The van der Waals surface area contributed by atoms with Gasteiger partial charge in [0.25, 0.3) is 0 Å². The molecule has 1 heterocycles. The molecule has 11 heteroatoms. The second-order valence-electron chi connectivity index (χ2n) is 6.00. The third-order valence-corrected chi connectivity index (χ3v) is 5.77. The number of halogens is 2. The van der Waals surface area contributed by atoms with E-state index in [1.807, 2.05) is 6.07 Å². The van der Waals surface area contributed by atoms with Crippen LogP contribution < -0.4 is 10.7 Å². The molecule has 152 valence electrons. The summed E-state index contributed by atoms with van der Waals surface area (Å²) in [5.74, 6) is -0.593. The monoisotopic (exact) mass is 454 g/mol. The lowest BCUT2D eigenvalue weighted by Crippen LogP contribution is -2.23. The first-order valence-electron chi connectivity index (χ1n) is 8.32. The van der Waals surface area contributed by atoms with Gasteiger partial charge in [-0.1, -0.05) is 59.2 Å². The number of para-hydroxylation sites is 1. The largest absolute Gasteiger partial charge is 0.477 e. The molecule has 29 heavy (non-hydrogen) atoms. The van der Waals surface area contributed by atoms with Gasteiger partial charge in [0.05, 0.1) is 21.8 Å². The van der Waals surface area contributed by atoms with Crippen LogP contribution in [0.15, 0.2) is 52.6 Å². The maximum atomic E-state index is 11.6. The van der Waals surface area contributed by atoms with Crippen molar-refractivity contribution in [1.29, 1.82) is 0 Å². The summed E-state index contributed by atoms with van der Waals surface area (Å²) in [6.07, 6.45) is -0.121. The number of benzene rings is 2. The van der Waals surface area contributed by atoms with Crippen molar-refractivity contribution in [2.75, 3.05) is 11.0 Å². The van der Waals surface area contributed by atoms with E-state index in [4.69, 9.17) is 23.2 Å². The van der Waals surface area contributed by atoms with Crippen molar-refractivity contribution in [1.82, 2.24) is 5.43 Å². The number of carbonyl (C=O) groups is 1. The number of hydrogen-bond donors (Lipinski definition) is 4. The summed E-state index contributed by atoms with van der Waals surface area (Å²) in [7, 11) is 0. The average Bonchev–Trinajstić information content (AvgIpc) is 3.16. The summed E-state index contributed by atoms with van der Waals surface area (Å²) in [5, 5.41) is 33.3. The third kappa shape index (κ3) is 5.40. The zero-order valence-corrected chi connectivity index (χ0v) is 17.1. The maximum Gasteiger partial charge on any atom is 0.352 e. The van der Waals surface area contributed by atoms with Crippen molar-refractivity contribution in [3.8, 4) is 0 Å². The minimum atomic E-state index is -1.24. The van der Waals surface area contributed by atoms with Crippen molar-refractivity contribution in [3.05, 3.63) is 63.6 Å². The molecular weight excluding hydrogens is 439 g/mol. The van der Waals surface area contributed by atoms with Gasteiger partial charge in [0.1, 0.15) is 5.71 Å². The highest BCUT2D eigenvalue weighted by Crippen LogP contribution is 2.33. The van der Waals surface area contributed by atoms with E-state index in [0.717, 1.165) is 5.56 Å². The quantitative estimate of drug-likeness (QED) is 0.384. The number of aliphatic carboxylic acids is 1. The van der Waals surface area contributed by atoms with Crippen molar-refractivity contribution in [3.63, 3.8) is 0 Å². The molecule has 0 bridgehead atoms. The Morgan fingerprint density at radius 2 is 2.00 bits per heavy atom. The Morgan fingerprint density at radius 3 is 2.69 bits per heavy atom. The smallest absolute Gasteiger partial charge is 0.352 e. The number of nitrogens with one attached hydrogen (secondary N) is 1. The summed E-state index contributed by atoms with van der Waals surface area (Å²) in [6.45, 7) is 0. The van der Waals surface area contributed by atoms with Gasteiger partial charge in [-0.2, -0.15) is 5.10 Å². The Bertz CT molecular complexity index is 984. The number of thioether (sulfide) groups is 1. The Morgan fingerprint density at radius 1 is 1.24 bits per heavy atom. The van der Waals surface area contributed by atoms with Crippen LogP contribution in [0.5, 0.6) is 0 Å². The molecule has 8 nitrogen and oxygen atoms in total. The minimum Gasteiger partial charge on any atom is -0.477 e. The Labute approximate surface area is 180 Å². The molecule has 0 radical (unpaired) electrons. The summed E-state index contributed by atoms with van der Waals surface area (Å²) in [6, 6.07) is 11.4. The molecule has 0 saturated heterocycles. The van der Waals surface area contributed by atoms with Crippen LogP contribution in [0.2, 0.25) is 10.0 Å². The predicted octanol–water partition coefficient (Wildman–Crippen LogP) is 4.00. The fraction of sp³-hybridized carbons (Fsp3) is 0.167. The lowest BCUT2D eigenvalue weighted by Gasteiger charge is -2.13. The predicted molar refractivity (Wildman–Crippen MR) is 114 cm³/mol. The number of hydrogen-bond acceptors (Lipinski definition) is 8. The number of carboxylic acids is 1. The van der Waals surface area contributed by atoms with Gasteiger partial charge in [0.2, 0.25) is 0 Å². The van der Waals surface area contributed by atoms with Crippen LogP contribution in [-0.2, 0) is 11.2 Å². The number of carboxylic acid groups (broad SMARTS) is 1. The van der Waals surface area contributed by atoms with Crippen LogP contribution in [0.25, 0.3) is 0 Å². The second kappa shape index (κ2) is 9.47. The molecule has 0 amide bonds. The van der Waals surface area contributed by atoms with Gasteiger partial charge < -0.3 is 5.11 Å². The standard InChI is InChI=1S/C18H16Cl2N4O4S/c19-12-6-5-10(7-13(12)20)15-9-29-18(21-15)23-22-14(17(25)26)8-11-3-1-2-4-16(11)24(27)28/h1-7,15,27-28H,8-9H2,(H,21,23)(H,25,26)/b22-14-. The number of anilines is 1. The van der Waals surface area contributed by atoms with Gasteiger partial charge >= 0.3 is 5.97 Å². The molecule has 1 unspecified atom stereocenters. The van der Waals surface area contributed by atoms with Gasteiger partial charge in [-0.25, -0.2) is 4.79 Å². The Kier molecular flexibility index (Phi) is 6.99. The van der Waals surface area contributed by atoms with E-state index < -0.39 is 5.97 Å². The first kappa shape index (κ1) is 21.4. The van der Waals surface area contributed by atoms with Crippen LogP contribution in [0.3, 0.4) is 0 Å². The first-order valence-corrected chi connectivity index (χ1v) is 10.1. The number of aliphatic imine (C=N–C) groups is 1. The van der Waals surface area contributed by atoms with Gasteiger partial charge in [-0.15, -0.1) is 5.23 Å². The lowest BCUT2D eigenvalue weighted by atomic mass is 10.1. The van der Waals surface area contributed by atoms with E-state index in [2.05, 4.69) is 15.5 Å². The van der Waals surface area contributed by atoms with E-state index in [-0.39, 0.29) is 29.1 Å². The minimum absolute atomic E-state index is 0.0546. The molecular formula is C18H16Cl2N4O4S. The number of amidine groups is 1. The molecule has 3 rings (SSSR count). The van der Waals surface area contributed by atoms with Gasteiger partial charge in [-0.3, -0.25) is 20.8 Å². The van der Waals surface area contributed by atoms with E-state index in [9.17, 15) is 20.3 Å². The number of hydrazone groups is 1. The maximum absolute atomic E-state index is 11.6. The van der Waals surface area contributed by atoms with Gasteiger partial charge in [-0.05, 0) is 29.3 Å². The van der Waals surface area contributed by atoms with Crippen LogP contribution in [0.1, 0.15) is 17.2 Å². The van der Waals surface area contributed by atoms with Crippen LogP contribution in [0.4, 0.5) is 5.69 Å². The molecule has 0 fully saturated rings. The molecule has 1 aliphatic heterocycles. The van der Waals surface area contributed by atoms with Crippen LogP contribution in [0, 0.1) is 0 Å². The van der Waals surface area contributed by atoms with Crippen LogP contribution >= 0.6 is 35.0 Å². The first-order chi connectivity index (χ1) is 13.8. The highest BCUT2D eigenvalue weighted by atomic mass is 35.5. The number of rotatable bonds is 6. The normalized spacial score (nSPS) is 16.5. The molecule has 4 N–H and O–H groups in total. The van der Waals surface area contributed by atoms with E-state index in [1.54, 1.807) is 30.3 Å². The van der Waals surface area contributed by atoms with E-state index in [0.29, 0.717) is 26.5 Å². The third-order valence-electron chi connectivity index (χ3n) is 4.08. The molecule has 2 aromatic carbocycles. The van der Waals surface area contributed by atoms with Crippen molar-refractivity contribution in [2.45, 2.75) is 12.5 Å². The summed E-state index contributed by atoms with van der Waals surface area (Å²) in [4.78, 5) is 16.1. The Hall–Kier alpha value is -2.30. The molecule has 2 aromatic rings. The Balaban J connectivity index is 1.74. The topological polar surface area (TPSA) is 118 Å². The van der Waals surface area contributed by atoms with E-state index >= 15 is 0 Å². The molecule has 0 aliphatic carbocycles. The van der Waals surface area contributed by atoms with E-state index in [1.165, 1.54) is 17.8 Å². The molecule has 1 aliphatic rings. The van der Waals surface area contributed by atoms with Gasteiger partial charge in [0, 0.05) is 12.2 Å². The van der Waals surface area contributed by atoms with Crippen LogP contribution in [-0.4, -0.2) is 38.1 Å². The highest BCUT2D eigenvalue weighted by molar-refractivity contribution is 8.14. The van der Waals surface area contributed by atoms with Crippen molar-refractivity contribution in [2.24, 2.45) is 10.1 Å². The fourth-order valence-electron chi connectivity index (χ4n) is 2.64. The average molecular weight is 455 g/mol. The van der Waals surface area contributed by atoms with Crippen molar-refractivity contribution < 1.29 is 20.3 Å². The molecule has 0 saturated carbocycles. The fourth-order valence-corrected chi connectivity index (χ4v) is 3.84. The lowest BCUT2D eigenvalue weighted by molar-refractivity contribution is -0.129. The van der Waals surface area contributed by atoms with Gasteiger partial charge in [0.15, 0.2) is 5.17 Å². The summed E-state index contributed by atoms with van der Waals surface area (Å²) >= 11 is 13.4. The SMILES string of the molecule is O=C(O)/C(Cc1ccccc1N(O)O)=N\NC1=NC(c2ccc(Cl)c(Cl)c2)CS1. The number of nitrogens with zero attached hydrogens (tertiary/aromatic N) is 3. The zero-order valence-electron chi connectivity index (χ0n) is 14.8. The highest BCUT2D eigenvalue weighted by Gasteiger charge is 2.21. The summed E-state index contributed by atoms with van der Waals surface area (Å²) < 4.78 is 0. The van der Waals surface area contributed by atoms with Crippen molar-refractivity contribution >= 4 is 57.5 Å². The summed E-state index contributed by atoms with van der Waals surface area (Å²) in [5.41, 5.74) is 3.81. The second-order valence-corrected chi connectivity index (χ2v) is 7.83.